The quantitative estimate of drug-likeness (QED) is 0.847. The Kier molecular flexibility index (Phi) is 5.91. The molecule has 2 atom stereocenters. The van der Waals surface area contributed by atoms with Crippen LogP contribution in [0.5, 0.6) is 0 Å². The minimum absolute atomic E-state index is 0.0707. The largest absolute Gasteiger partial charge is 0.449 e. The van der Waals surface area contributed by atoms with Crippen molar-refractivity contribution in [2.75, 3.05) is 0 Å². The Morgan fingerprint density at radius 2 is 1.87 bits per heavy atom. The Balaban J connectivity index is 2.79. The van der Waals surface area contributed by atoms with Crippen molar-refractivity contribution in [3.63, 3.8) is 0 Å². The molecule has 0 spiro atoms. The number of aryl methyl sites for hydroxylation is 2. The molecule has 1 aromatic rings. The Bertz CT molecular complexity index is 646. The second-order valence-electron chi connectivity index (χ2n) is 6.32. The van der Waals surface area contributed by atoms with Gasteiger partial charge < -0.3 is 10.1 Å². The van der Waals surface area contributed by atoms with Gasteiger partial charge in [-0.1, -0.05) is 31.5 Å². The number of nitriles is 1. The van der Waals surface area contributed by atoms with E-state index >= 15 is 0 Å². The van der Waals surface area contributed by atoms with Gasteiger partial charge in [-0.2, -0.15) is 5.26 Å². The lowest BCUT2D eigenvalue weighted by molar-refractivity contribution is -0.130. The number of amides is 1. The zero-order valence-electron chi connectivity index (χ0n) is 14.6. The molecule has 0 bridgehead atoms. The van der Waals surface area contributed by atoms with E-state index in [0.717, 1.165) is 11.1 Å². The van der Waals surface area contributed by atoms with Crippen molar-refractivity contribution in [3.8, 4) is 6.07 Å². The number of rotatable bonds is 5. The van der Waals surface area contributed by atoms with Crippen LogP contribution in [-0.4, -0.2) is 23.5 Å². The van der Waals surface area contributed by atoms with E-state index in [9.17, 15) is 14.9 Å². The summed E-state index contributed by atoms with van der Waals surface area (Å²) in [6.45, 7) is 10.6. The second-order valence-corrected chi connectivity index (χ2v) is 6.32. The Labute approximate surface area is 137 Å². The molecule has 23 heavy (non-hydrogen) atoms. The molecule has 0 aromatic heterocycles. The summed E-state index contributed by atoms with van der Waals surface area (Å²) in [7, 11) is 0. The number of nitrogens with zero attached hydrogens (tertiary/aromatic N) is 1. The molecule has 5 nitrogen and oxygen atoms in total. The van der Waals surface area contributed by atoms with Crippen LogP contribution >= 0.6 is 0 Å². The monoisotopic (exact) mass is 316 g/mol. The molecule has 124 valence electrons. The lowest BCUT2D eigenvalue weighted by Gasteiger charge is -2.28. The molecular weight excluding hydrogens is 292 g/mol. The molecule has 0 fully saturated rings. The lowest BCUT2D eigenvalue weighted by Crippen LogP contribution is -2.52. The van der Waals surface area contributed by atoms with Crippen LogP contribution in [0.2, 0.25) is 0 Å². The van der Waals surface area contributed by atoms with E-state index in [0.29, 0.717) is 5.56 Å². The number of carbonyl (C=O) groups excluding carboxylic acids is 2. The topological polar surface area (TPSA) is 79.2 Å². The molecule has 0 aliphatic rings. The first-order valence-corrected chi connectivity index (χ1v) is 7.62. The SMILES string of the molecule is Cc1ccc(C(=O)OC(C)C(=O)NC(C)(C#N)C(C)C)c(C)c1. The minimum atomic E-state index is -1.00. The van der Waals surface area contributed by atoms with Gasteiger partial charge in [0, 0.05) is 0 Å². The fraction of sp³-hybridized carbons (Fsp3) is 0.500. The molecular formula is C18H24N2O3. The number of ether oxygens (including phenoxy) is 1. The summed E-state index contributed by atoms with van der Waals surface area (Å²) in [6, 6.07) is 7.48. The first kappa shape index (κ1) is 18.7. The summed E-state index contributed by atoms with van der Waals surface area (Å²) < 4.78 is 5.23. The van der Waals surface area contributed by atoms with E-state index in [2.05, 4.69) is 11.4 Å². The molecule has 1 rings (SSSR count). The number of esters is 1. The summed E-state index contributed by atoms with van der Waals surface area (Å²) in [4.78, 5) is 24.4. The van der Waals surface area contributed by atoms with E-state index in [1.807, 2.05) is 39.8 Å². The van der Waals surface area contributed by atoms with Crippen molar-refractivity contribution < 1.29 is 14.3 Å². The van der Waals surface area contributed by atoms with Crippen LogP contribution in [0.3, 0.4) is 0 Å². The average molecular weight is 316 g/mol. The van der Waals surface area contributed by atoms with E-state index in [4.69, 9.17) is 4.74 Å². The van der Waals surface area contributed by atoms with Gasteiger partial charge in [-0.3, -0.25) is 4.79 Å². The van der Waals surface area contributed by atoms with Crippen LogP contribution in [0.4, 0.5) is 0 Å². The third-order valence-electron chi connectivity index (χ3n) is 4.02. The van der Waals surface area contributed by atoms with Crippen molar-refractivity contribution in [2.45, 2.75) is 53.2 Å². The van der Waals surface area contributed by atoms with Gasteiger partial charge in [-0.25, -0.2) is 4.79 Å². The van der Waals surface area contributed by atoms with Crippen molar-refractivity contribution in [2.24, 2.45) is 5.92 Å². The third-order valence-corrected chi connectivity index (χ3v) is 4.02. The highest BCUT2D eigenvalue weighted by Crippen LogP contribution is 2.16. The van der Waals surface area contributed by atoms with Gasteiger partial charge in [-0.15, -0.1) is 0 Å². The van der Waals surface area contributed by atoms with Crippen LogP contribution in [0, 0.1) is 31.1 Å². The van der Waals surface area contributed by atoms with Crippen LogP contribution in [0.25, 0.3) is 0 Å². The molecule has 0 aliphatic heterocycles. The first-order chi connectivity index (χ1) is 10.6. The minimum Gasteiger partial charge on any atom is -0.449 e. The summed E-state index contributed by atoms with van der Waals surface area (Å²) in [5.74, 6) is -1.10. The van der Waals surface area contributed by atoms with Gasteiger partial charge in [-0.05, 0) is 45.2 Å². The van der Waals surface area contributed by atoms with Gasteiger partial charge in [0.05, 0.1) is 11.6 Å². The normalized spacial score (nSPS) is 14.5. The second kappa shape index (κ2) is 7.28. The highest BCUT2D eigenvalue weighted by molar-refractivity contribution is 5.93. The lowest BCUT2D eigenvalue weighted by atomic mass is 9.90. The van der Waals surface area contributed by atoms with Crippen molar-refractivity contribution in [1.82, 2.24) is 5.32 Å². The number of benzene rings is 1. The van der Waals surface area contributed by atoms with E-state index < -0.39 is 23.5 Å². The van der Waals surface area contributed by atoms with Crippen LogP contribution in [0.1, 0.15) is 49.2 Å². The van der Waals surface area contributed by atoms with Crippen LogP contribution < -0.4 is 5.32 Å². The van der Waals surface area contributed by atoms with Gasteiger partial charge >= 0.3 is 5.97 Å². The molecule has 5 heteroatoms. The van der Waals surface area contributed by atoms with Crippen LogP contribution in [-0.2, 0) is 9.53 Å². The van der Waals surface area contributed by atoms with Gasteiger partial charge in [0.25, 0.3) is 5.91 Å². The highest BCUT2D eigenvalue weighted by atomic mass is 16.5. The maximum absolute atomic E-state index is 12.2. The van der Waals surface area contributed by atoms with Gasteiger partial charge in [0.2, 0.25) is 0 Å². The van der Waals surface area contributed by atoms with E-state index in [-0.39, 0.29) is 5.92 Å². The predicted molar refractivity (Wildman–Crippen MR) is 87.8 cm³/mol. The maximum atomic E-state index is 12.2. The highest BCUT2D eigenvalue weighted by Gasteiger charge is 2.32. The fourth-order valence-electron chi connectivity index (χ4n) is 1.98. The summed E-state index contributed by atoms with van der Waals surface area (Å²) in [5, 5.41) is 11.9. The molecule has 2 unspecified atom stereocenters. The Morgan fingerprint density at radius 1 is 1.26 bits per heavy atom. The summed E-state index contributed by atoms with van der Waals surface area (Å²) >= 11 is 0. The van der Waals surface area contributed by atoms with Crippen molar-refractivity contribution in [1.29, 1.82) is 5.26 Å². The molecule has 1 N–H and O–H groups in total. The average Bonchev–Trinajstić information content (AvgIpc) is 2.46. The molecule has 0 aliphatic carbocycles. The molecule has 0 saturated heterocycles. The van der Waals surface area contributed by atoms with Crippen LogP contribution in [0.15, 0.2) is 18.2 Å². The maximum Gasteiger partial charge on any atom is 0.339 e. The zero-order valence-corrected chi connectivity index (χ0v) is 14.6. The Hall–Kier alpha value is -2.35. The van der Waals surface area contributed by atoms with Gasteiger partial charge in [0.1, 0.15) is 5.54 Å². The van der Waals surface area contributed by atoms with Crippen molar-refractivity contribution >= 4 is 11.9 Å². The predicted octanol–water partition coefficient (Wildman–Crippen LogP) is 2.90. The number of carbonyl (C=O) groups is 2. The molecule has 0 saturated carbocycles. The molecule has 1 aromatic carbocycles. The van der Waals surface area contributed by atoms with E-state index in [1.54, 1.807) is 13.0 Å². The first-order valence-electron chi connectivity index (χ1n) is 7.62. The smallest absolute Gasteiger partial charge is 0.339 e. The van der Waals surface area contributed by atoms with E-state index in [1.165, 1.54) is 6.92 Å². The summed E-state index contributed by atoms with van der Waals surface area (Å²) in [5.41, 5.74) is 1.28. The molecule has 1 amide bonds. The number of nitrogens with one attached hydrogen (secondary N) is 1. The van der Waals surface area contributed by atoms with Crippen molar-refractivity contribution in [3.05, 3.63) is 34.9 Å². The summed E-state index contributed by atoms with van der Waals surface area (Å²) in [6.07, 6.45) is -0.977. The third kappa shape index (κ3) is 4.56. The molecule has 0 heterocycles. The Morgan fingerprint density at radius 3 is 2.35 bits per heavy atom. The molecule has 0 radical (unpaired) electrons. The fourth-order valence-corrected chi connectivity index (χ4v) is 1.98. The van der Waals surface area contributed by atoms with Gasteiger partial charge in [0.15, 0.2) is 6.10 Å². The zero-order chi connectivity index (χ0) is 17.8. The number of hydrogen-bond acceptors (Lipinski definition) is 4. The number of hydrogen-bond donors (Lipinski definition) is 1. The standard InChI is InChI=1S/C18H24N2O3/c1-11(2)18(6,10-19)20-16(21)14(5)23-17(22)15-8-7-12(3)9-13(15)4/h7-9,11,14H,1-6H3,(H,20,21).